The standard InChI is InChI=1S/C22H30N4O3/c1-3-28-20-19(12-24-21(25-20)29-4-2)22(27)16-8-7-9-17(22)14-26(13-16)15-18-10-5-6-11-23-18/h5-6,10-12,16-17,27H,3-4,7-9,13-15H2,1-2H3/t16-,17-/m0/s1. The Bertz CT molecular complexity index is 803. The number of ether oxygens (including phenoxy) is 2. The van der Waals surface area contributed by atoms with Crippen LogP contribution in [-0.4, -0.2) is 51.3 Å². The lowest BCUT2D eigenvalue weighted by Gasteiger charge is -2.53. The van der Waals surface area contributed by atoms with E-state index in [1.807, 2.05) is 32.2 Å². The third-order valence-electron chi connectivity index (χ3n) is 6.14. The third kappa shape index (κ3) is 3.94. The number of rotatable bonds is 7. The predicted molar refractivity (Wildman–Crippen MR) is 109 cm³/mol. The lowest BCUT2D eigenvalue weighted by Crippen LogP contribution is -2.58. The van der Waals surface area contributed by atoms with Crippen molar-refractivity contribution in [2.45, 2.75) is 45.3 Å². The molecule has 1 saturated heterocycles. The van der Waals surface area contributed by atoms with Crippen LogP contribution in [0, 0.1) is 11.8 Å². The van der Waals surface area contributed by atoms with Crippen molar-refractivity contribution >= 4 is 0 Å². The summed E-state index contributed by atoms with van der Waals surface area (Å²) in [6.45, 7) is 7.24. The Balaban J connectivity index is 1.62. The number of hydrogen-bond acceptors (Lipinski definition) is 7. The topological polar surface area (TPSA) is 80.6 Å². The molecule has 1 N–H and O–H groups in total. The highest BCUT2D eigenvalue weighted by Crippen LogP contribution is 2.51. The van der Waals surface area contributed by atoms with Crippen molar-refractivity contribution in [2.75, 3.05) is 26.3 Å². The van der Waals surface area contributed by atoms with Gasteiger partial charge < -0.3 is 14.6 Å². The van der Waals surface area contributed by atoms with E-state index in [9.17, 15) is 5.11 Å². The summed E-state index contributed by atoms with van der Waals surface area (Å²) in [5.41, 5.74) is 0.791. The van der Waals surface area contributed by atoms with Crippen molar-refractivity contribution < 1.29 is 14.6 Å². The van der Waals surface area contributed by atoms with E-state index in [0.717, 1.165) is 44.6 Å². The van der Waals surface area contributed by atoms with E-state index in [2.05, 4.69) is 25.9 Å². The number of fused-ring (bicyclic) bond motifs is 2. The molecule has 29 heavy (non-hydrogen) atoms. The van der Waals surface area contributed by atoms with Gasteiger partial charge in [-0.1, -0.05) is 12.5 Å². The van der Waals surface area contributed by atoms with Crippen LogP contribution in [0.15, 0.2) is 30.6 Å². The molecule has 0 spiro atoms. The van der Waals surface area contributed by atoms with Crippen LogP contribution in [0.4, 0.5) is 0 Å². The Morgan fingerprint density at radius 2 is 1.86 bits per heavy atom. The minimum atomic E-state index is -0.978. The molecule has 2 aromatic rings. The monoisotopic (exact) mass is 398 g/mol. The van der Waals surface area contributed by atoms with Crippen LogP contribution in [0.5, 0.6) is 11.9 Å². The average molecular weight is 399 g/mol. The molecular formula is C22H30N4O3. The molecule has 3 heterocycles. The molecule has 1 aliphatic heterocycles. The second-order valence-electron chi connectivity index (χ2n) is 7.90. The van der Waals surface area contributed by atoms with Gasteiger partial charge >= 0.3 is 6.01 Å². The fourth-order valence-electron chi connectivity index (χ4n) is 4.90. The molecule has 7 nitrogen and oxygen atoms in total. The maximum atomic E-state index is 12.0. The molecule has 2 aromatic heterocycles. The second kappa shape index (κ2) is 8.63. The number of nitrogens with zero attached hydrogens (tertiary/aromatic N) is 4. The molecular weight excluding hydrogens is 368 g/mol. The van der Waals surface area contributed by atoms with Crippen LogP contribution in [0.3, 0.4) is 0 Å². The maximum absolute atomic E-state index is 12.0. The van der Waals surface area contributed by atoms with Crippen LogP contribution in [0.25, 0.3) is 0 Å². The molecule has 0 aromatic carbocycles. The number of hydrogen-bond donors (Lipinski definition) is 1. The molecule has 0 radical (unpaired) electrons. The number of likely N-dealkylation sites (tertiary alicyclic amines) is 1. The Morgan fingerprint density at radius 1 is 1.10 bits per heavy atom. The molecule has 156 valence electrons. The average Bonchev–Trinajstić information content (AvgIpc) is 2.70. The molecule has 0 unspecified atom stereocenters. The normalized spacial score (nSPS) is 26.9. The van der Waals surface area contributed by atoms with Gasteiger partial charge in [0.1, 0.15) is 5.60 Å². The van der Waals surface area contributed by atoms with E-state index in [4.69, 9.17) is 9.47 Å². The van der Waals surface area contributed by atoms with Gasteiger partial charge in [0, 0.05) is 43.9 Å². The Hall–Kier alpha value is -2.25. The summed E-state index contributed by atoms with van der Waals surface area (Å²) in [5.74, 6) is 0.669. The summed E-state index contributed by atoms with van der Waals surface area (Å²) in [6.07, 6.45) is 6.64. The van der Waals surface area contributed by atoms with Crippen molar-refractivity contribution in [1.82, 2.24) is 19.9 Å². The minimum absolute atomic E-state index is 0.111. The van der Waals surface area contributed by atoms with Crippen LogP contribution in [-0.2, 0) is 12.1 Å². The molecule has 2 fully saturated rings. The Morgan fingerprint density at radius 3 is 2.52 bits per heavy atom. The summed E-state index contributed by atoms with van der Waals surface area (Å²) < 4.78 is 11.3. The van der Waals surface area contributed by atoms with Gasteiger partial charge in [0.15, 0.2) is 0 Å². The summed E-state index contributed by atoms with van der Waals surface area (Å²) in [7, 11) is 0. The fraction of sp³-hybridized carbons (Fsp3) is 0.591. The van der Waals surface area contributed by atoms with Gasteiger partial charge in [-0.05, 0) is 38.8 Å². The van der Waals surface area contributed by atoms with Crippen molar-refractivity contribution in [3.8, 4) is 11.9 Å². The van der Waals surface area contributed by atoms with E-state index in [-0.39, 0.29) is 11.8 Å². The van der Waals surface area contributed by atoms with Gasteiger partial charge in [-0.2, -0.15) is 4.98 Å². The maximum Gasteiger partial charge on any atom is 0.319 e. The highest BCUT2D eigenvalue weighted by Gasteiger charge is 2.53. The van der Waals surface area contributed by atoms with Crippen molar-refractivity contribution in [3.63, 3.8) is 0 Å². The van der Waals surface area contributed by atoms with Gasteiger partial charge in [-0.3, -0.25) is 9.88 Å². The Kier molecular flexibility index (Phi) is 5.96. The third-order valence-corrected chi connectivity index (χ3v) is 6.14. The predicted octanol–water partition coefficient (Wildman–Crippen LogP) is 2.79. The lowest BCUT2D eigenvalue weighted by molar-refractivity contribution is -0.150. The Labute approximate surface area is 172 Å². The number of piperidine rings is 1. The van der Waals surface area contributed by atoms with Gasteiger partial charge in [0.05, 0.1) is 24.5 Å². The molecule has 7 heteroatoms. The van der Waals surface area contributed by atoms with E-state index in [1.165, 1.54) is 0 Å². The van der Waals surface area contributed by atoms with Crippen LogP contribution < -0.4 is 9.47 Å². The molecule has 2 aliphatic rings. The highest BCUT2D eigenvalue weighted by atomic mass is 16.5. The quantitative estimate of drug-likeness (QED) is 0.768. The van der Waals surface area contributed by atoms with Gasteiger partial charge in [0.2, 0.25) is 5.88 Å². The van der Waals surface area contributed by atoms with E-state index < -0.39 is 5.60 Å². The first-order valence-corrected chi connectivity index (χ1v) is 10.6. The van der Waals surface area contributed by atoms with E-state index in [0.29, 0.717) is 30.7 Å². The van der Waals surface area contributed by atoms with E-state index >= 15 is 0 Å². The lowest BCUT2D eigenvalue weighted by atomic mass is 9.63. The first-order valence-electron chi connectivity index (χ1n) is 10.6. The van der Waals surface area contributed by atoms with Gasteiger partial charge in [0.25, 0.3) is 0 Å². The fourth-order valence-corrected chi connectivity index (χ4v) is 4.90. The van der Waals surface area contributed by atoms with Gasteiger partial charge in [-0.15, -0.1) is 0 Å². The molecule has 1 aliphatic carbocycles. The van der Waals surface area contributed by atoms with Gasteiger partial charge in [-0.25, -0.2) is 4.98 Å². The summed E-state index contributed by atoms with van der Waals surface area (Å²) in [4.78, 5) is 15.7. The number of aromatic nitrogens is 3. The summed E-state index contributed by atoms with van der Waals surface area (Å²) >= 11 is 0. The molecule has 1 saturated carbocycles. The van der Waals surface area contributed by atoms with E-state index in [1.54, 1.807) is 6.20 Å². The summed E-state index contributed by atoms with van der Waals surface area (Å²) in [6, 6.07) is 6.31. The molecule has 2 bridgehead atoms. The second-order valence-corrected chi connectivity index (χ2v) is 7.90. The van der Waals surface area contributed by atoms with Crippen molar-refractivity contribution in [2.24, 2.45) is 11.8 Å². The smallest absolute Gasteiger partial charge is 0.319 e. The van der Waals surface area contributed by atoms with Crippen molar-refractivity contribution in [3.05, 3.63) is 41.9 Å². The minimum Gasteiger partial charge on any atom is -0.478 e. The number of aliphatic hydroxyl groups is 1. The highest BCUT2D eigenvalue weighted by molar-refractivity contribution is 5.34. The van der Waals surface area contributed by atoms with Crippen molar-refractivity contribution in [1.29, 1.82) is 0 Å². The van der Waals surface area contributed by atoms with Crippen LogP contribution >= 0.6 is 0 Å². The molecule has 2 atom stereocenters. The first kappa shape index (κ1) is 20.0. The molecule has 4 rings (SSSR count). The number of pyridine rings is 1. The molecule has 0 amide bonds. The zero-order chi connectivity index (χ0) is 20.3. The zero-order valence-corrected chi connectivity index (χ0v) is 17.3. The SMILES string of the molecule is CCOc1ncc(C2(O)[C@H]3CCC[C@H]2CN(Cc2ccccn2)C3)c(OCC)n1. The largest absolute Gasteiger partial charge is 0.478 e. The summed E-state index contributed by atoms with van der Waals surface area (Å²) in [5, 5.41) is 12.0. The van der Waals surface area contributed by atoms with Crippen LogP contribution in [0.1, 0.15) is 44.4 Å². The first-order chi connectivity index (χ1) is 14.1. The van der Waals surface area contributed by atoms with Crippen LogP contribution in [0.2, 0.25) is 0 Å². The zero-order valence-electron chi connectivity index (χ0n) is 17.3.